The summed E-state index contributed by atoms with van der Waals surface area (Å²) in [4.78, 5) is 0. The first-order valence-corrected chi connectivity index (χ1v) is 4.02. The molecule has 2 aliphatic rings. The molecule has 0 atom stereocenters. The summed E-state index contributed by atoms with van der Waals surface area (Å²) in [6, 6.07) is 0.697. The summed E-state index contributed by atoms with van der Waals surface area (Å²) < 4.78 is 2.52. The van der Waals surface area contributed by atoms with Crippen molar-refractivity contribution in [2.45, 2.75) is 32.7 Å². The number of hydrogen-bond donors (Lipinski definition) is 0. The lowest BCUT2D eigenvalue weighted by Crippen LogP contribution is -2.00. The minimum atomic E-state index is 0.697. The summed E-state index contributed by atoms with van der Waals surface area (Å²) >= 11 is 0. The minimum Gasteiger partial charge on any atom is -0.345 e. The number of rotatable bonds is 1. The van der Waals surface area contributed by atoms with Gasteiger partial charge in [-0.25, -0.2) is 0 Å². The van der Waals surface area contributed by atoms with Gasteiger partial charge in [-0.15, -0.1) is 0 Å². The third kappa shape index (κ3) is 0.386. The lowest BCUT2D eigenvalue weighted by atomic mass is 10.4. The fourth-order valence-corrected chi connectivity index (χ4v) is 2.06. The monoisotopic (exact) mass is 133 g/mol. The number of aromatic nitrogens is 1. The largest absolute Gasteiger partial charge is 0.345 e. The fourth-order valence-electron chi connectivity index (χ4n) is 2.06. The van der Waals surface area contributed by atoms with Crippen molar-refractivity contribution in [2.75, 3.05) is 0 Å². The van der Waals surface area contributed by atoms with Gasteiger partial charge in [0, 0.05) is 30.3 Å². The fraction of sp³-hybridized carbons (Fsp3) is 0.556. The number of hydrogen-bond acceptors (Lipinski definition) is 0. The predicted molar refractivity (Wildman–Crippen MR) is 40.4 cm³/mol. The maximum atomic E-state index is 2.52. The summed E-state index contributed by atoms with van der Waals surface area (Å²) in [5.41, 5.74) is 6.63. The van der Waals surface area contributed by atoms with Crippen LogP contribution in [0.2, 0.25) is 0 Å². The summed E-state index contributed by atoms with van der Waals surface area (Å²) in [5, 5.41) is 0. The lowest BCUT2D eigenvalue weighted by Gasteiger charge is -2.08. The Balaban J connectivity index is 2.24. The van der Waals surface area contributed by atoms with Gasteiger partial charge >= 0.3 is 0 Å². The van der Waals surface area contributed by atoms with Gasteiger partial charge in [0.2, 0.25) is 0 Å². The second kappa shape index (κ2) is 1.18. The van der Waals surface area contributed by atoms with Gasteiger partial charge in [0.15, 0.2) is 0 Å². The van der Waals surface area contributed by atoms with E-state index in [4.69, 9.17) is 0 Å². The van der Waals surface area contributed by atoms with Gasteiger partial charge in [-0.3, -0.25) is 0 Å². The van der Waals surface area contributed by atoms with Gasteiger partial charge in [0.25, 0.3) is 0 Å². The molecular weight excluding hydrogens is 122 g/mol. The molecule has 0 amide bonds. The van der Waals surface area contributed by atoms with Gasteiger partial charge in [-0.1, -0.05) is 0 Å². The highest BCUT2D eigenvalue weighted by atomic mass is 15.1. The first-order chi connectivity index (χ1) is 4.79. The van der Waals surface area contributed by atoms with E-state index in [1.807, 2.05) is 0 Å². The average Bonchev–Trinajstić information content (AvgIpc) is 2.66. The van der Waals surface area contributed by atoms with Crippen molar-refractivity contribution in [3.63, 3.8) is 0 Å². The summed E-state index contributed by atoms with van der Waals surface area (Å²) in [5.74, 6) is 0. The van der Waals surface area contributed by atoms with E-state index >= 15 is 0 Å². The SMILES string of the molecule is CC(C)n1c2c(c3c1C3)C2. The minimum absolute atomic E-state index is 0.697. The molecule has 0 saturated heterocycles. The lowest BCUT2D eigenvalue weighted by molar-refractivity contribution is 0.589. The van der Waals surface area contributed by atoms with E-state index in [0.29, 0.717) is 6.04 Å². The topological polar surface area (TPSA) is 4.93 Å². The molecule has 0 fully saturated rings. The van der Waals surface area contributed by atoms with Crippen LogP contribution in [0, 0.1) is 0 Å². The van der Waals surface area contributed by atoms with Crippen LogP contribution in [0.1, 0.15) is 42.4 Å². The van der Waals surface area contributed by atoms with Crippen molar-refractivity contribution in [3.8, 4) is 0 Å². The Morgan fingerprint density at radius 1 is 1.10 bits per heavy atom. The second-order valence-electron chi connectivity index (χ2n) is 3.67. The molecule has 1 heterocycles. The molecule has 52 valence electrons. The van der Waals surface area contributed by atoms with Crippen LogP contribution < -0.4 is 0 Å². The maximum absolute atomic E-state index is 2.52. The Morgan fingerprint density at radius 2 is 1.60 bits per heavy atom. The highest BCUT2D eigenvalue weighted by Gasteiger charge is 2.40. The molecule has 0 bridgehead atoms. The second-order valence-corrected chi connectivity index (χ2v) is 3.67. The Labute approximate surface area is 60.7 Å². The normalized spacial score (nSPS) is 17.1. The van der Waals surface area contributed by atoms with E-state index < -0.39 is 0 Å². The zero-order valence-electron chi connectivity index (χ0n) is 6.44. The maximum Gasteiger partial charge on any atom is 0.0280 e. The molecule has 0 aliphatic heterocycles. The van der Waals surface area contributed by atoms with E-state index in [1.165, 1.54) is 12.8 Å². The smallest absolute Gasteiger partial charge is 0.0280 e. The first-order valence-electron chi connectivity index (χ1n) is 4.02. The molecule has 1 aromatic rings. The molecule has 1 heteroatoms. The Morgan fingerprint density at radius 3 is 1.90 bits per heavy atom. The molecule has 0 radical (unpaired) electrons. The molecule has 1 aromatic heterocycles. The van der Waals surface area contributed by atoms with Crippen molar-refractivity contribution in [3.05, 3.63) is 22.5 Å². The van der Waals surface area contributed by atoms with Crippen LogP contribution >= 0.6 is 0 Å². The molecule has 3 rings (SSSR count). The Hall–Kier alpha value is -0.720. The van der Waals surface area contributed by atoms with Gasteiger partial charge in [-0.2, -0.15) is 0 Å². The molecule has 2 aliphatic carbocycles. The average molecular weight is 133 g/mol. The molecular formula is C9H11N. The van der Waals surface area contributed by atoms with Crippen molar-refractivity contribution in [1.82, 2.24) is 4.57 Å². The summed E-state index contributed by atoms with van der Waals surface area (Å²) in [6.07, 6.45) is 2.61. The van der Waals surface area contributed by atoms with Crippen LogP contribution in [-0.4, -0.2) is 4.57 Å². The molecule has 1 nitrogen and oxygen atoms in total. The van der Waals surface area contributed by atoms with Crippen LogP contribution in [-0.2, 0) is 12.8 Å². The van der Waals surface area contributed by atoms with Gasteiger partial charge < -0.3 is 4.57 Å². The van der Waals surface area contributed by atoms with Gasteiger partial charge in [-0.05, 0) is 25.0 Å². The highest BCUT2D eigenvalue weighted by Crippen LogP contribution is 2.48. The Kier molecular flexibility index (Phi) is 0.590. The molecule has 0 spiro atoms. The van der Waals surface area contributed by atoms with Crippen molar-refractivity contribution >= 4 is 0 Å². The van der Waals surface area contributed by atoms with Crippen molar-refractivity contribution in [1.29, 1.82) is 0 Å². The molecule has 0 saturated carbocycles. The third-order valence-electron chi connectivity index (χ3n) is 2.60. The van der Waals surface area contributed by atoms with E-state index in [-0.39, 0.29) is 0 Å². The quantitative estimate of drug-likeness (QED) is 0.477. The van der Waals surface area contributed by atoms with E-state index in [2.05, 4.69) is 18.4 Å². The Bertz CT molecular complexity index is 290. The standard InChI is InChI=1S/C9H11N/c1-5(2)10-8-3-6(8)7-4-9(7)10/h5H,3-4H2,1-2H3. The summed E-state index contributed by atoms with van der Waals surface area (Å²) in [7, 11) is 0. The van der Waals surface area contributed by atoms with Crippen LogP contribution in [0.25, 0.3) is 0 Å². The van der Waals surface area contributed by atoms with E-state index in [9.17, 15) is 0 Å². The predicted octanol–water partition coefficient (Wildman–Crippen LogP) is 1.88. The van der Waals surface area contributed by atoms with Gasteiger partial charge in [0.1, 0.15) is 0 Å². The highest BCUT2D eigenvalue weighted by molar-refractivity contribution is 5.62. The van der Waals surface area contributed by atoms with Crippen molar-refractivity contribution < 1.29 is 0 Å². The van der Waals surface area contributed by atoms with E-state index in [1.54, 1.807) is 22.5 Å². The third-order valence-corrected chi connectivity index (χ3v) is 2.60. The molecule has 10 heavy (non-hydrogen) atoms. The summed E-state index contributed by atoms with van der Waals surface area (Å²) in [6.45, 7) is 4.55. The molecule has 0 unspecified atom stereocenters. The van der Waals surface area contributed by atoms with Crippen LogP contribution in [0.15, 0.2) is 0 Å². The van der Waals surface area contributed by atoms with Gasteiger partial charge in [0.05, 0.1) is 0 Å². The van der Waals surface area contributed by atoms with Crippen LogP contribution in [0.5, 0.6) is 0 Å². The molecule has 0 aromatic carbocycles. The first kappa shape index (κ1) is 5.00. The van der Waals surface area contributed by atoms with Crippen LogP contribution in [0.4, 0.5) is 0 Å². The number of fused-ring (bicyclic) bond motifs is 3. The number of nitrogens with zero attached hydrogens (tertiary/aromatic N) is 1. The van der Waals surface area contributed by atoms with Crippen molar-refractivity contribution in [2.24, 2.45) is 0 Å². The van der Waals surface area contributed by atoms with E-state index in [0.717, 1.165) is 0 Å². The van der Waals surface area contributed by atoms with Crippen LogP contribution in [0.3, 0.4) is 0 Å². The zero-order chi connectivity index (χ0) is 6.88. The molecule has 0 N–H and O–H groups in total. The zero-order valence-corrected chi connectivity index (χ0v) is 6.44.